The fourth-order valence-electron chi connectivity index (χ4n) is 3.32. The number of nitrogens with zero attached hydrogens (tertiary/aromatic N) is 1. The molecule has 0 radical (unpaired) electrons. The lowest BCUT2D eigenvalue weighted by atomic mass is 9.98. The van der Waals surface area contributed by atoms with E-state index in [1.165, 1.54) is 0 Å². The predicted molar refractivity (Wildman–Crippen MR) is 105 cm³/mol. The topological polar surface area (TPSA) is 68.7 Å². The molecular formula is C22H17NO4. The van der Waals surface area contributed by atoms with Gasteiger partial charge < -0.3 is 14.6 Å². The maximum Gasteiger partial charge on any atom is 0.336 e. The third-order valence-corrected chi connectivity index (χ3v) is 4.61. The summed E-state index contributed by atoms with van der Waals surface area (Å²) in [5.41, 5.74) is 2.18. The molecule has 3 aromatic carbocycles. The second-order valence-corrected chi connectivity index (χ2v) is 6.11. The number of ether oxygens (including phenoxy) is 2. The number of hydrogen-bond acceptors (Lipinski definition) is 4. The number of carbonyl (C=O) groups is 1. The SMILES string of the molecule is COc1ccc(-c2cc(C(=O)O)c3c(ccc4ccccc43)n2)cc1OC. The molecule has 1 heterocycles. The van der Waals surface area contributed by atoms with E-state index in [1.54, 1.807) is 32.4 Å². The van der Waals surface area contributed by atoms with Crippen molar-refractivity contribution in [2.24, 2.45) is 0 Å². The smallest absolute Gasteiger partial charge is 0.336 e. The quantitative estimate of drug-likeness (QED) is 0.532. The van der Waals surface area contributed by atoms with Crippen LogP contribution in [0.1, 0.15) is 10.4 Å². The molecule has 134 valence electrons. The Morgan fingerprint density at radius 2 is 1.70 bits per heavy atom. The Hall–Kier alpha value is -3.60. The zero-order valence-electron chi connectivity index (χ0n) is 14.9. The van der Waals surface area contributed by atoms with Crippen LogP contribution in [0.4, 0.5) is 0 Å². The van der Waals surface area contributed by atoms with E-state index in [-0.39, 0.29) is 5.56 Å². The van der Waals surface area contributed by atoms with Gasteiger partial charge in [-0.3, -0.25) is 0 Å². The van der Waals surface area contributed by atoms with E-state index in [9.17, 15) is 9.90 Å². The largest absolute Gasteiger partial charge is 0.493 e. The number of aromatic carboxylic acids is 1. The van der Waals surface area contributed by atoms with Gasteiger partial charge in [-0.25, -0.2) is 9.78 Å². The van der Waals surface area contributed by atoms with Gasteiger partial charge >= 0.3 is 5.97 Å². The van der Waals surface area contributed by atoms with Crippen LogP contribution in [0.25, 0.3) is 32.9 Å². The van der Waals surface area contributed by atoms with Crippen LogP contribution in [-0.2, 0) is 0 Å². The summed E-state index contributed by atoms with van der Waals surface area (Å²) in [6.45, 7) is 0. The standard InChI is InChI=1S/C22H17NO4/c1-26-19-10-8-14(11-20(19)27-2)18-12-16(22(24)25)21-15-6-4-3-5-13(15)7-9-17(21)23-18/h3-12H,1-2H3,(H,24,25). The van der Waals surface area contributed by atoms with Crippen LogP contribution in [0.5, 0.6) is 11.5 Å². The number of aromatic nitrogens is 1. The molecule has 0 atom stereocenters. The van der Waals surface area contributed by atoms with Crippen molar-refractivity contribution < 1.29 is 19.4 Å². The Kier molecular flexibility index (Phi) is 4.12. The lowest BCUT2D eigenvalue weighted by molar-refractivity contribution is 0.0699. The van der Waals surface area contributed by atoms with E-state index in [0.29, 0.717) is 28.1 Å². The minimum atomic E-state index is -0.986. The van der Waals surface area contributed by atoms with Crippen molar-refractivity contribution >= 4 is 27.6 Å². The van der Waals surface area contributed by atoms with Crippen LogP contribution in [0.15, 0.2) is 60.7 Å². The van der Waals surface area contributed by atoms with Gasteiger partial charge in [-0.1, -0.05) is 30.3 Å². The Morgan fingerprint density at radius 3 is 2.44 bits per heavy atom. The normalized spacial score (nSPS) is 10.9. The molecule has 0 aliphatic carbocycles. The van der Waals surface area contributed by atoms with Gasteiger partial charge in [-0.2, -0.15) is 0 Å². The minimum absolute atomic E-state index is 0.224. The van der Waals surface area contributed by atoms with Gasteiger partial charge in [0.05, 0.1) is 31.0 Å². The molecule has 27 heavy (non-hydrogen) atoms. The molecule has 0 bridgehead atoms. The molecule has 4 rings (SSSR count). The van der Waals surface area contributed by atoms with Gasteiger partial charge in [-0.05, 0) is 41.1 Å². The van der Waals surface area contributed by atoms with Crippen LogP contribution in [0.2, 0.25) is 0 Å². The first-order valence-electron chi connectivity index (χ1n) is 8.40. The molecule has 0 unspecified atom stereocenters. The number of methoxy groups -OCH3 is 2. The summed E-state index contributed by atoms with van der Waals surface area (Å²) in [4.78, 5) is 16.7. The summed E-state index contributed by atoms with van der Waals surface area (Å²) in [6, 6.07) is 18.5. The van der Waals surface area contributed by atoms with E-state index < -0.39 is 5.97 Å². The van der Waals surface area contributed by atoms with Crippen molar-refractivity contribution in [1.29, 1.82) is 0 Å². The zero-order chi connectivity index (χ0) is 19.0. The van der Waals surface area contributed by atoms with Crippen LogP contribution in [0, 0.1) is 0 Å². The maximum atomic E-state index is 12.0. The summed E-state index contributed by atoms with van der Waals surface area (Å²) >= 11 is 0. The molecule has 1 N–H and O–H groups in total. The van der Waals surface area contributed by atoms with Crippen molar-refractivity contribution in [3.63, 3.8) is 0 Å². The Morgan fingerprint density at radius 1 is 0.926 bits per heavy atom. The highest BCUT2D eigenvalue weighted by Crippen LogP contribution is 2.34. The molecule has 0 fully saturated rings. The number of fused-ring (bicyclic) bond motifs is 3. The maximum absolute atomic E-state index is 12.0. The Labute approximate surface area is 155 Å². The summed E-state index contributed by atoms with van der Waals surface area (Å²) < 4.78 is 10.6. The van der Waals surface area contributed by atoms with E-state index in [2.05, 4.69) is 0 Å². The van der Waals surface area contributed by atoms with E-state index in [1.807, 2.05) is 42.5 Å². The summed E-state index contributed by atoms with van der Waals surface area (Å²) in [5.74, 6) is 0.180. The minimum Gasteiger partial charge on any atom is -0.493 e. The molecule has 0 aliphatic heterocycles. The number of carboxylic acid groups (broad SMARTS) is 1. The third kappa shape index (κ3) is 2.83. The first-order chi connectivity index (χ1) is 13.1. The molecule has 4 aromatic rings. The Balaban J connectivity index is 2.01. The highest BCUT2D eigenvalue weighted by Gasteiger charge is 2.16. The molecule has 0 saturated carbocycles. The average Bonchev–Trinajstić information content (AvgIpc) is 2.72. The molecule has 1 aromatic heterocycles. The van der Waals surface area contributed by atoms with Crippen molar-refractivity contribution in [2.75, 3.05) is 14.2 Å². The number of benzene rings is 3. The molecule has 0 amide bonds. The summed E-state index contributed by atoms with van der Waals surface area (Å²) in [6.07, 6.45) is 0. The molecule has 0 spiro atoms. The van der Waals surface area contributed by atoms with Crippen LogP contribution in [-0.4, -0.2) is 30.3 Å². The van der Waals surface area contributed by atoms with Gasteiger partial charge in [0.15, 0.2) is 11.5 Å². The van der Waals surface area contributed by atoms with E-state index >= 15 is 0 Å². The number of hydrogen-bond donors (Lipinski definition) is 1. The van der Waals surface area contributed by atoms with Crippen molar-refractivity contribution in [3.05, 3.63) is 66.2 Å². The summed E-state index contributed by atoms with van der Waals surface area (Å²) in [5, 5.41) is 12.3. The summed E-state index contributed by atoms with van der Waals surface area (Å²) in [7, 11) is 3.13. The van der Waals surface area contributed by atoms with Crippen LogP contribution >= 0.6 is 0 Å². The first kappa shape index (κ1) is 16.8. The second-order valence-electron chi connectivity index (χ2n) is 6.11. The monoisotopic (exact) mass is 359 g/mol. The van der Waals surface area contributed by atoms with E-state index in [0.717, 1.165) is 16.3 Å². The third-order valence-electron chi connectivity index (χ3n) is 4.61. The average molecular weight is 359 g/mol. The molecule has 0 saturated heterocycles. The van der Waals surface area contributed by atoms with Gasteiger partial charge in [0, 0.05) is 10.9 Å². The zero-order valence-corrected chi connectivity index (χ0v) is 14.9. The molecule has 0 aliphatic rings. The number of pyridine rings is 1. The lowest BCUT2D eigenvalue weighted by Crippen LogP contribution is -2.01. The van der Waals surface area contributed by atoms with Gasteiger partial charge in [-0.15, -0.1) is 0 Å². The highest BCUT2D eigenvalue weighted by molar-refractivity contribution is 6.15. The molecule has 5 heteroatoms. The van der Waals surface area contributed by atoms with Crippen molar-refractivity contribution in [2.45, 2.75) is 0 Å². The fraction of sp³-hybridized carbons (Fsp3) is 0.0909. The van der Waals surface area contributed by atoms with Crippen LogP contribution < -0.4 is 9.47 Å². The molecular weight excluding hydrogens is 342 g/mol. The van der Waals surface area contributed by atoms with Gasteiger partial charge in [0.2, 0.25) is 0 Å². The predicted octanol–water partition coefficient (Wildman–Crippen LogP) is 4.77. The second kappa shape index (κ2) is 6.61. The number of carboxylic acids is 1. The van der Waals surface area contributed by atoms with E-state index in [4.69, 9.17) is 14.5 Å². The van der Waals surface area contributed by atoms with Crippen molar-refractivity contribution in [1.82, 2.24) is 4.98 Å². The fourth-order valence-corrected chi connectivity index (χ4v) is 3.32. The van der Waals surface area contributed by atoms with Gasteiger partial charge in [0.25, 0.3) is 0 Å². The van der Waals surface area contributed by atoms with Gasteiger partial charge in [0.1, 0.15) is 0 Å². The highest BCUT2D eigenvalue weighted by atomic mass is 16.5. The molecule has 5 nitrogen and oxygen atoms in total. The first-order valence-corrected chi connectivity index (χ1v) is 8.40. The number of rotatable bonds is 4. The Bertz CT molecular complexity index is 1180. The van der Waals surface area contributed by atoms with Crippen LogP contribution in [0.3, 0.4) is 0 Å². The van der Waals surface area contributed by atoms with Crippen molar-refractivity contribution in [3.8, 4) is 22.8 Å². The lowest BCUT2D eigenvalue weighted by Gasteiger charge is -2.12.